The smallest absolute Gasteiger partial charge is 0.227 e. The van der Waals surface area contributed by atoms with E-state index in [1.165, 1.54) is 21.5 Å². The summed E-state index contributed by atoms with van der Waals surface area (Å²) in [5, 5.41) is 4.79. The maximum atomic E-state index is 5.95. The van der Waals surface area contributed by atoms with Crippen molar-refractivity contribution < 1.29 is 4.42 Å². The number of hydrogen-bond donors (Lipinski definition) is 0. The first-order valence-electron chi connectivity index (χ1n) is 10.4. The van der Waals surface area contributed by atoms with Gasteiger partial charge in [-0.2, -0.15) is 0 Å². The average molecular weight is 477 g/mol. The van der Waals surface area contributed by atoms with E-state index in [0.29, 0.717) is 5.89 Å². The van der Waals surface area contributed by atoms with Gasteiger partial charge in [-0.3, -0.25) is 4.99 Å². The Morgan fingerprint density at radius 2 is 1.44 bits per heavy atom. The molecule has 1 aromatic heterocycles. The number of aromatic nitrogens is 1. The summed E-state index contributed by atoms with van der Waals surface area (Å²) in [6, 6.07) is 32.9. The number of hydrogen-bond acceptors (Lipinski definition) is 3. The molecule has 0 aliphatic heterocycles. The summed E-state index contributed by atoms with van der Waals surface area (Å²) in [6.07, 6.45) is 1.96. The lowest BCUT2D eigenvalue weighted by molar-refractivity contribution is 0.620. The number of fused-ring (bicyclic) bond motifs is 3. The third-order valence-electron chi connectivity index (χ3n) is 5.62. The molecule has 0 fully saturated rings. The van der Waals surface area contributed by atoms with Crippen LogP contribution in [0.25, 0.3) is 44.1 Å². The Bertz CT molecular complexity index is 1580. The van der Waals surface area contributed by atoms with Crippen LogP contribution in [0, 0.1) is 0 Å². The first-order chi connectivity index (χ1) is 15.7. The van der Waals surface area contributed by atoms with Crippen LogP contribution in [0.4, 0.5) is 5.69 Å². The second kappa shape index (κ2) is 7.74. The van der Waals surface area contributed by atoms with E-state index in [1.807, 2.05) is 48.7 Å². The van der Waals surface area contributed by atoms with Gasteiger partial charge >= 0.3 is 0 Å². The maximum Gasteiger partial charge on any atom is 0.227 e. The fourth-order valence-corrected chi connectivity index (χ4v) is 4.30. The van der Waals surface area contributed by atoms with Gasteiger partial charge in [0.2, 0.25) is 5.89 Å². The minimum atomic E-state index is 0.605. The second-order valence-corrected chi connectivity index (χ2v) is 8.58. The predicted octanol–water partition coefficient (Wildman–Crippen LogP) is 8.31. The van der Waals surface area contributed by atoms with E-state index < -0.39 is 0 Å². The summed E-state index contributed by atoms with van der Waals surface area (Å²) in [5.41, 5.74) is 4.44. The lowest BCUT2D eigenvalue weighted by Crippen LogP contribution is -1.88. The largest absolute Gasteiger partial charge is 0.436 e. The van der Waals surface area contributed by atoms with Gasteiger partial charge in [-0.25, -0.2) is 4.98 Å². The quantitative estimate of drug-likeness (QED) is 0.190. The number of halogens is 1. The lowest BCUT2D eigenvalue weighted by atomic mass is 9.97. The summed E-state index contributed by atoms with van der Waals surface area (Å²) in [6.45, 7) is 0. The van der Waals surface area contributed by atoms with Crippen LogP contribution in [-0.4, -0.2) is 11.2 Å². The van der Waals surface area contributed by atoms with Crippen molar-refractivity contribution in [2.24, 2.45) is 4.99 Å². The Labute approximate surface area is 193 Å². The lowest BCUT2D eigenvalue weighted by Gasteiger charge is -2.07. The van der Waals surface area contributed by atoms with Crippen molar-refractivity contribution in [3.05, 3.63) is 107 Å². The standard InChI is InChI=1S/C28H17BrN2O/c29-21-11-9-18(10-12-21)28-31-26-16-22(13-14-27(26)32-28)30-17-25-23-7-3-1-5-19(23)15-20-6-2-4-8-24(20)25/h1-17H. The van der Waals surface area contributed by atoms with Gasteiger partial charge in [0.25, 0.3) is 0 Å². The Balaban J connectivity index is 1.43. The molecule has 4 heteroatoms. The number of rotatable bonds is 3. The molecule has 152 valence electrons. The predicted molar refractivity (Wildman–Crippen MR) is 136 cm³/mol. The third-order valence-corrected chi connectivity index (χ3v) is 6.15. The molecule has 0 aliphatic rings. The van der Waals surface area contributed by atoms with Gasteiger partial charge in [0.15, 0.2) is 5.58 Å². The first-order valence-corrected chi connectivity index (χ1v) is 11.1. The van der Waals surface area contributed by atoms with Crippen molar-refractivity contribution in [3.8, 4) is 11.5 Å². The van der Waals surface area contributed by atoms with E-state index in [0.717, 1.165) is 32.4 Å². The molecule has 0 N–H and O–H groups in total. The van der Waals surface area contributed by atoms with Crippen molar-refractivity contribution in [2.75, 3.05) is 0 Å². The molecule has 0 radical (unpaired) electrons. The third kappa shape index (κ3) is 3.39. The molecular weight excluding hydrogens is 460 g/mol. The zero-order chi connectivity index (χ0) is 21.5. The summed E-state index contributed by atoms with van der Waals surface area (Å²) < 4.78 is 6.97. The van der Waals surface area contributed by atoms with Gasteiger partial charge in [-0.15, -0.1) is 0 Å². The Morgan fingerprint density at radius 1 is 0.750 bits per heavy atom. The highest BCUT2D eigenvalue weighted by Gasteiger charge is 2.09. The normalized spacial score (nSPS) is 11.8. The highest BCUT2D eigenvalue weighted by atomic mass is 79.9. The molecule has 0 atom stereocenters. The van der Waals surface area contributed by atoms with E-state index in [4.69, 9.17) is 9.41 Å². The maximum absolute atomic E-state index is 5.95. The van der Waals surface area contributed by atoms with E-state index in [9.17, 15) is 0 Å². The fraction of sp³-hybridized carbons (Fsp3) is 0. The van der Waals surface area contributed by atoms with Crippen LogP contribution >= 0.6 is 15.9 Å². The van der Waals surface area contributed by atoms with Crippen LogP contribution in [-0.2, 0) is 0 Å². The zero-order valence-corrected chi connectivity index (χ0v) is 18.6. The number of oxazole rings is 1. The van der Waals surface area contributed by atoms with Gasteiger partial charge in [0.05, 0.1) is 5.69 Å². The molecule has 1 heterocycles. The van der Waals surface area contributed by atoms with Crippen LogP contribution < -0.4 is 0 Å². The minimum Gasteiger partial charge on any atom is -0.436 e. The summed E-state index contributed by atoms with van der Waals surface area (Å²) >= 11 is 3.46. The van der Waals surface area contributed by atoms with Crippen LogP contribution in [0.1, 0.15) is 5.56 Å². The number of nitrogens with zero attached hydrogens (tertiary/aromatic N) is 2. The van der Waals surface area contributed by atoms with E-state index in [-0.39, 0.29) is 0 Å². The molecule has 3 nitrogen and oxygen atoms in total. The molecule has 5 aromatic carbocycles. The van der Waals surface area contributed by atoms with Crippen molar-refractivity contribution in [3.63, 3.8) is 0 Å². The zero-order valence-electron chi connectivity index (χ0n) is 17.0. The van der Waals surface area contributed by atoms with Crippen molar-refractivity contribution >= 4 is 60.5 Å². The Hall–Kier alpha value is -3.76. The average Bonchev–Trinajstić information content (AvgIpc) is 3.25. The Kier molecular flexibility index (Phi) is 4.58. The summed E-state index contributed by atoms with van der Waals surface area (Å²) in [7, 11) is 0. The van der Waals surface area contributed by atoms with Crippen molar-refractivity contribution in [1.29, 1.82) is 0 Å². The summed E-state index contributed by atoms with van der Waals surface area (Å²) in [4.78, 5) is 9.48. The number of benzene rings is 5. The van der Waals surface area contributed by atoms with E-state index in [2.05, 4.69) is 75.5 Å². The highest BCUT2D eigenvalue weighted by Crippen LogP contribution is 2.30. The molecule has 32 heavy (non-hydrogen) atoms. The Morgan fingerprint density at radius 3 is 2.16 bits per heavy atom. The van der Waals surface area contributed by atoms with Gasteiger partial charge in [-0.05, 0) is 70.1 Å². The molecule has 6 aromatic rings. The molecular formula is C28H17BrN2O. The molecule has 0 unspecified atom stereocenters. The molecule has 0 saturated carbocycles. The highest BCUT2D eigenvalue weighted by molar-refractivity contribution is 9.10. The van der Waals surface area contributed by atoms with E-state index >= 15 is 0 Å². The van der Waals surface area contributed by atoms with Crippen LogP contribution in [0.5, 0.6) is 0 Å². The fourth-order valence-electron chi connectivity index (χ4n) is 4.04. The SMILES string of the molecule is Brc1ccc(-c2nc3cc(N=Cc4c5ccccc5cc5ccccc45)ccc3o2)cc1. The molecule has 0 spiro atoms. The molecule has 6 rings (SSSR count). The molecule has 0 bridgehead atoms. The van der Waals surface area contributed by atoms with Crippen LogP contribution in [0.15, 0.2) is 111 Å². The van der Waals surface area contributed by atoms with Gasteiger partial charge in [0.1, 0.15) is 5.52 Å². The molecule has 0 saturated heterocycles. The molecule has 0 aliphatic carbocycles. The first kappa shape index (κ1) is 19.0. The monoisotopic (exact) mass is 476 g/mol. The second-order valence-electron chi connectivity index (χ2n) is 7.67. The van der Waals surface area contributed by atoms with Gasteiger partial charge in [-0.1, -0.05) is 64.5 Å². The van der Waals surface area contributed by atoms with Crippen LogP contribution in [0.2, 0.25) is 0 Å². The molecule has 0 amide bonds. The summed E-state index contributed by atoms with van der Waals surface area (Å²) in [5.74, 6) is 0.605. The number of aliphatic imine (C=N–C) groups is 1. The van der Waals surface area contributed by atoms with Gasteiger partial charge < -0.3 is 4.42 Å². The minimum absolute atomic E-state index is 0.605. The van der Waals surface area contributed by atoms with Crippen molar-refractivity contribution in [1.82, 2.24) is 4.98 Å². The van der Waals surface area contributed by atoms with E-state index in [1.54, 1.807) is 0 Å². The van der Waals surface area contributed by atoms with Crippen molar-refractivity contribution in [2.45, 2.75) is 0 Å². The van der Waals surface area contributed by atoms with Crippen LogP contribution in [0.3, 0.4) is 0 Å². The topological polar surface area (TPSA) is 38.4 Å². The van der Waals surface area contributed by atoms with Gasteiger partial charge in [0, 0.05) is 21.8 Å².